The van der Waals surface area contributed by atoms with Gasteiger partial charge in [0.2, 0.25) is 0 Å². The zero-order valence-corrected chi connectivity index (χ0v) is 15.9. The van der Waals surface area contributed by atoms with Gasteiger partial charge in [0.1, 0.15) is 17.5 Å². The predicted molar refractivity (Wildman–Crippen MR) is 112 cm³/mol. The largest absolute Gasteiger partial charge is 0.387 e. The molecule has 142 valence electrons. The molecule has 0 spiro atoms. The summed E-state index contributed by atoms with van der Waals surface area (Å²) in [6, 6.07) is 5.04. The number of nitrogens with zero attached hydrogens (tertiary/aromatic N) is 1. The minimum Gasteiger partial charge on any atom is -0.387 e. The number of benzene rings is 1. The van der Waals surface area contributed by atoms with Crippen molar-refractivity contribution in [2.75, 3.05) is 11.9 Å². The van der Waals surface area contributed by atoms with Crippen molar-refractivity contribution < 1.29 is 4.39 Å². The summed E-state index contributed by atoms with van der Waals surface area (Å²) in [5.41, 5.74) is 14.3. The second-order valence-electron chi connectivity index (χ2n) is 6.37. The van der Waals surface area contributed by atoms with Gasteiger partial charge < -0.3 is 22.1 Å². The van der Waals surface area contributed by atoms with Crippen LogP contribution in [0.25, 0.3) is 0 Å². The number of nitrogens with two attached hydrogens (primary N) is 2. The molecule has 0 radical (unpaired) electrons. The van der Waals surface area contributed by atoms with E-state index in [1.165, 1.54) is 17.8 Å². The smallest absolute Gasteiger partial charge is 0.139 e. The number of nitrogens with one attached hydrogen (secondary N) is 2. The van der Waals surface area contributed by atoms with Crippen molar-refractivity contribution in [1.29, 1.82) is 0 Å². The average Bonchev–Trinajstić information content (AvgIpc) is 2.65. The lowest BCUT2D eigenvalue weighted by Gasteiger charge is -2.20. The second-order valence-corrected chi connectivity index (χ2v) is 7.48. The monoisotopic (exact) mass is 385 g/mol. The number of allylic oxidation sites excluding steroid dienone is 2. The predicted octanol–water partition coefficient (Wildman–Crippen LogP) is 3.95. The van der Waals surface area contributed by atoms with E-state index in [2.05, 4.69) is 22.2 Å². The molecule has 1 aromatic rings. The normalized spacial score (nSPS) is 20.0. The fourth-order valence-corrected chi connectivity index (χ4v) is 3.86. The lowest BCUT2D eigenvalue weighted by molar-refractivity contribution is 0.603. The van der Waals surface area contributed by atoms with Crippen LogP contribution < -0.4 is 22.1 Å². The number of anilines is 1. The van der Waals surface area contributed by atoms with Gasteiger partial charge in [0.15, 0.2) is 0 Å². The van der Waals surface area contributed by atoms with Crippen molar-refractivity contribution in [3.8, 4) is 0 Å². The molecule has 6 N–H and O–H groups in total. The molecule has 7 heteroatoms. The number of hydrogen-bond donors (Lipinski definition) is 4. The van der Waals surface area contributed by atoms with Gasteiger partial charge in [0, 0.05) is 33.3 Å². The Balaban J connectivity index is 1.76. The van der Waals surface area contributed by atoms with Crippen molar-refractivity contribution in [1.82, 2.24) is 5.32 Å². The lowest BCUT2D eigenvalue weighted by atomic mass is 9.92. The molecular weight excluding hydrogens is 361 g/mol. The molecule has 27 heavy (non-hydrogen) atoms. The van der Waals surface area contributed by atoms with Gasteiger partial charge in [-0.15, -0.1) is 0 Å². The molecule has 0 bridgehead atoms. The highest BCUT2D eigenvalue weighted by Crippen LogP contribution is 2.32. The van der Waals surface area contributed by atoms with Gasteiger partial charge in [0.05, 0.1) is 0 Å². The van der Waals surface area contributed by atoms with Crippen LogP contribution in [-0.4, -0.2) is 12.3 Å². The van der Waals surface area contributed by atoms with Crippen molar-refractivity contribution in [2.45, 2.75) is 30.6 Å². The van der Waals surface area contributed by atoms with E-state index in [4.69, 9.17) is 11.5 Å². The molecule has 3 rings (SSSR count). The summed E-state index contributed by atoms with van der Waals surface area (Å²) in [4.78, 5) is 5.89. The molecule has 2 aliphatic rings. The third-order valence-corrected chi connectivity index (χ3v) is 5.36. The van der Waals surface area contributed by atoms with Crippen LogP contribution in [0.2, 0.25) is 0 Å². The van der Waals surface area contributed by atoms with E-state index in [9.17, 15) is 4.39 Å². The van der Waals surface area contributed by atoms with Crippen LogP contribution in [-0.2, 0) is 0 Å². The van der Waals surface area contributed by atoms with Gasteiger partial charge in [-0.05, 0) is 56.2 Å². The number of aliphatic imine (C=N–C) groups is 1. The number of halogens is 1. The molecule has 1 fully saturated rings. The Labute approximate surface area is 163 Å². The summed E-state index contributed by atoms with van der Waals surface area (Å²) in [7, 11) is 0. The van der Waals surface area contributed by atoms with E-state index in [1.54, 1.807) is 6.07 Å². The molecule has 0 amide bonds. The first-order valence-electron chi connectivity index (χ1n) is 8.88. The van der Waals surface area contributed by atoms with Crippen molar-refractivity contribution in [3.63, 3.8) is 0 Å². The fourth-order valence-electron chi connectivity index (χ4n) is 3.01. The minimum atomic E-state index is -0.288. The zero-order valence-electron chi connectivity index (χ0n) is 15.1. The molecule has 0 atom stereocenters. The van der Waals surface area contributed by atoms with Crippen LogP contribution in [0.15, 0.2) is 75.1 Å². The molecular formula is C20H24FN5S. The van der Waals surface area contributed by atoms with E-state index in [1.807, 2.05) is 24.4 Å². The highest BCUT2D eigenvalue weighted by molar-refractivity contribution is 8.03. The SMILES string of the molecule is C=C(N)/N=C1/CCCC/C1=C(/N)Nc1ccc(SC2=CCNC=C2)c(F)c1. The van der Waals surface area contributed by atoms with E-state index >= 15 is 0 Å². The fraction of sp³-hybridized carbons (Fsp3) is 0.250. The summed E-state index contributed by atoms with van der Waals surface area (Å²) < 4.78 is 14.5. The highest BCUT2D eigenvalue weighted by Gasteiger charge is 2.17. The summed E-state index contributed by atoms with van der Waals surface area (Å²) in [6.07, 6.45) is 9.53. The molecule has 1 saturated carbocycles. The van der Waals surface area contributed by atoms with E-state index < -0.39 is 0 Å². The zero-order chi connectivity index (χ0) is 19.2. The van der Waals surface area contributed by atoms with Gasteiger partial charge >= 0.3 is 0 Å². The van der Waals surface area contributed by atoms with Gasteiger partial charge in [-0.1, -0.05) is 24.4 Å². The third-order valence-electron chi connectivity index (χ3n) is 4.27. The van der Waals surface area contributed by atoms with Crippen LogP contribution in [0.5, 0.6) is 0 Å². The first kappa shape index (κ1) is 19.1. The summed E-state index contributed by atoms with van der Waals surface area (Å²) in [5, 5.41) is 6.18. The van der Waals surface area contributed by atoms with E-state index in [0.717, 1.165) is 48.4 Å². The Bertz CT molecular complexity index is 854. The summed E-state index contributed by atoms with van der Waals surface area (Å²) in [5.74, 6) is 0.466. The van der Waals surface area contributed by atoms with Crippen LogP contribution in [0.4, 0.5) is 10.1 Å². The first-order chi connectivity index (χ1) is 13.0. The molecule has 5 nitrogen and oxygen atoms in total. The summed E-state index contributed by atoms with van der Waals surface area (Å²) >= 11 is 1.40. The number of hydrogen-bond acceptors (Lipinski definition) is 6. The quantitative estimate of drug-likeness (QED) is 0.616. The van der Waals surface area contributed by atoms with Crippen LogP contribution >= 0.6 is 11.8 Å². The van der Waals surface area contributed by atoms with Crippen LogP contribution in [0.3, 0.4) is 0 Å². The number of thioether (sulfide) groups is 1. The maximum atomic E-state index is 14.5. The van der Waals surface area contributed by atoms with Gasteiger partial charge in [-0.25, -0.2) is 9.38 Å². The van der Waals surface area contributed by atoms with Gasteiger partial charge in [-0.3, -0.25) is 0 Å². The van der Waals surface area contributed by atoms with Gasteiger partial charge in [0.25, 0.3) is 0 Å². The Morgan fingerprint density at radius 2 is 2.07 bits per heavy atom. The summed E-state index contributed by atoms with van der Waals surface area (Å²) in [6.45, 7) is 4.39. The number of rotatable bonds is 5. The first-order valence-corrected chi connectivity index (χ1v) is 9.70. The Morgan fingerprint density at radius 1 is 1.26 bits per heavy atom. The minimum absolute atomic E-state index is 0.269. The Kier molecular flexibility index (Phi) is 6.24. The molecule has 1 aromatic carbocycles. The molecule has 0 saturated heterocycles. The van der Waals surface area contributed by atoms with E-state index in [-0.39, 0.29) is 11.6 Å². The van der Waals surface area contributed by atoms with Crippen LogP contribution in [0, 0.1) is 5.82 Å². The number of dihydropyridines is 1. The van der Waals surface area contributed by atoms with Crippen molar-refractivity contribution in [2.24, 2.45) is 16.5 Å². The van der Waals surface area contributed by atoms with Crippen molar-refractivity contribution >= 4 is 23.2 Å². The van der Waals surface area contributed by atoms with Gasteiger partial charge in [-0.2, -0.15) is 0 Å². The molecule has 1 aliphatic heterocycles. The van der Waals surface area contributed by atoms with Crippen LogP contribution in [0.1, 0.15) is 25.7 Å². The second kappa shape index (κ2) is 8.81. The molecule has 0 unspecified atom stereocenters. The standard InChI is InChI=1S/C20H24FN5S/c1-13(22)25-18-5-3-2-4-16(18)20(23)26-14-6-7-19(17(21)12-14)27-15-8-10-24-11-9-15/h6-10,12,24,26H,1-5,11,22-23H2/b20-16+,25-18-. The molecule has 0 aromatic heterocycles. The third kappa shape index (κ3) is 5.17. The topological polar surface area (TPSA) is 88.5 Å². The average molecular weight is 386 g/mol. The molecule has 1 heterocycles. The Hall–Kier alpha value is -2.67. The maximum absolute atomic E-state index is 14.5. The van der Waals surface area contributed by atoms with Crippen molar-refractivity contribution in [3.05, 3.63) is 71.1 Å². The Morgan fingerprint density at radius 3 is 2.78 bits per heavy atom. The van der Waals surface area contributed by atoms with E-state index in [0.29, 0.717) is 16.4 Å². The highest BCUT2D eigenvalue weighted by atomic mass is 32.2. The molecule has 1 aliphatic carbocycles. The maximum Gasteiger partial charge on any atom is 0.139 e. The lowest BCUT2D eigenvalue weighted by Crippen LogP contribution is -2.21.